The average Bonchev–Trinajstić information content (AvgIpc) is 2.26. The summed E-state index contributed by atoms with van der Waals surface area (Å²) in [5.74, 6) is 1.99. The van der Waals surface area contributed by atoms with E-state index in [2.05, 4.69) is 9.47 Å². The molecule has 0 bridgehead atoms. The molecule has 1 aromatic carbocycles. The fraction of sp³-hybridized carbons (Fsp3) is 0.182. The summed E-state index contributed by atoms with van der Waals surface area (Å²) in [7, 11) is 0. The highest BCUT2D eigenvalue weighted by atomic mass is 19.4. The highest BCUT2D eigenvalue weighted by Crippen LogP contribution is 2.30. The molecule has 0 fully saturated rings. The predicted octanol–water partition coefficient (Wildman–Crippen LogP) is 2.85. The van der Waals surface area contributed by atoms with Crippen LogP contribution in [-0.4, -0.2) is 12.8 Å². The van der Waals surface area contributed by atoms with Crippen LogP contribution >= 0.6 is 0 Å². The molecule has 3 nitrogen and oxygen atoms in total. The summed E-state index contributed by atoms with van der Waals surface area (Å²) in [6.07, 6.45) is -0.665. The molecule has 0 radical (unpaired) electrons. The number of rotatable bonds is 2. The van der Waals surface area contributed by atoms with Gasteiger partial charge in [0.2, 0.25) is 0 Å². The fourth-order valence-corrected chi connectivity index (χ4v) is 0.938. The second-order valence-electron chi connectivity index (χ2n) is 2.87. The van der Waals surface area contributed by atoms with E-state index in [-0.39, 0.29) is 12.4 Å². The number of ether oxygens (including phenoxy) is 2. The minimum absolute atomic E-state index is 0.0555. The van der Waals surface area contributed by atoms with Crippen molar-refractivity contribution in [1.82, 2.24) is 0 Å². The van der Waals surface area contributed by atoms with E-state index in [4.69, 9.17) is 6.42 Å². The molecule has 0 atom stereocenters. The molecule has 0 unspecified atom stereocenters. The van der Waals surface area contributed by atoms with E-state index >= 15 is 0 Å². The van der Waals surface area contributed by atoms with Crippen LogP contribution < -0.4 is 4.74 Å². The van der Waals surface area contributed by atoms with Crippen LogP contribution in [-0.2, 0) is 10.9 Å². The van der Waals surface area contributed by atoms with Crippen molar-refractivity contribution in [3.63, 3.8) is 0 Å². The maximum absolute atomic E-state index is 12.2. The van der Waals surface area contributed by atoms with Crippen LogP contribution in [0.1, 0.15) is 5.56 Å². The highest BCUT2D eigenvalue weighted by molar-refractivity contribution is 5.63. The van der Waals surface area contributed by atoms with Crippen LogP contribution in [0.5, 0.6) is 5.75 Å². The van der Waals surface area contributed by atoms with Gasteiger partial charge < -0.3 is 9.47 Å². The van der Waals surface area contributed by atoms with E-state index in [0.717, 1.165) is 24.3 Å². The first-order chi connectivity index (χ1) is 7.93. The zero-order chi connectivity index (χ0) is 12.9. The van der Waals surface area contributed by atoms with Crippen molar-refractivity contribution in [3.05, 3.63) is 29.8 Å². The minimum Gasteiger partial charge on any atom is -0.421 e. The molecule has 6 heteroatoms. The lowest BCUT2D eigenvalue weighted by atomic mass is 10.2. The van der Waals surface area contributed by atoms with Crippen LogP contribution in [0.4, 0.5) is 18.0 Å². The summed E-state index contributed by atoms with van der Waals surface area (Å²) in [4.78, 5) is 10.9. The van der Waals surface area contributed by atoms with Crippen molar-refractivity contribution in [2.75, 3.05) is 6.61 Å². The van der Waals surface area contributed by atoms with Crippen molar-refractivity contribution in [2.45, 2.75) is 6.18 Å². The number of halogens is 3. The summed E-state index contributed by atoms with van der Waals surface area (Å²) in [5.41, 5.74) is -0.832. The Morgan fingerprint density at radius 3 is 2.35 bits per heavy atom. The lowest BCUT2D eigenvalue weighted by Crippen LogP contribution is -2.11. The Morgan fingerprint density at radius 1 is 1.29 bits per heavy atom. The molecule has 0 saturated heterocycles. The van der Waals surface area contributed by atoms with Crippen LogP contribution in [0, 0.1) is 12.3 Å². The third-order valence-electron chi connectivity index (χ3n) is 1.66. The Balaban J connectivity index is 2.63. The standard InChI is InChI=1S/C11H7F3O3/c1-2-7-16-10(15)17-9-5-3-8(4-6-9)11(12,13)14/h1,3-6H,7H2. The predicted molar refractivity (Wildman–Crippen MR) is 52.3 cm³/mol. The zero-order valence-corrected chi connectivity index (χ0v) is 8.45. The van der Waals surface area contributed by atoms with Gasteiger partial charge in [0.25, 0.3) is 0 Å². The average molecular weight is 244 g/mol. The summed E-state index contributed by atoms with van der Waals surface area (Å²) >= 11 is 0. The third-order valence-corrected chi connectivity index (χ3v) is 1.66. The SMILES string of the molecule is C#CCOC(=O)Oc1ccc(C(F)(F)F)cc1. The Kier molecular flexibility index (Phi) is 3.99. The summed E-state index contributed by atoms with van der Waals surface area (Å²) < 4.78 is 45.5. The van der Waals surface area contributed by atoms with Gasteiger partial charge in [0.05, 0.1) is 5.56 Å². The number of carbonyl (C=O) groups is 1. The first-order valence-electron chi connectivity index (χ1n) is 4.39. The molecule has 0 N–H and O–H groups in total. The number of hydrogen-bond acceptors (Lipinski definition) is 3. The molecular weight excluding hydrogens is 237 g/mol. The second-order valence-corrected chi connectivity index (χ2v) is 2.87. The van der Waals surface area contributed by atoms with E-state index in [1.807, 2.05) is 5.92 Å². The van der Waals surface area contributed by atoms with Gasteiger partial charge in [-0.05, 0) is 24.3 Å². The molecule has 0 saturated carbocycles. The van der Waals surface area contributed by atoms with Gasteiger partial charge in [0, 0.05) is 0 Å². The van der Waals surface area contributed by atoms with Crippen LogP contribution in [0.15, 0.2) is 24.3 Å². The zero-order valence-electron chi connectivity index (χ0n) is 8.45. The van der Waals surface area contributed by atoms with Crippen molar-refractivity contribution in [1.29, 1.82) is 0 Å². The third kappa shape index (κ3) is 4.07. The van der Waals surface area contributed by atoms with E-state index in [9.17, 15) is 18.0 Å². The molecule has 0 aliphatic heterocycles. The fourth-order valence-electron chi connectivity index (χ4n) is 0.938. The van der Waals surface area contributed by atoms with E-state index < -0.39 is 17.9 Å². The molecule has 0 spiro atoms. The molecule has 1 rings (SSSR count). The van der Waals surface area contributed by atoms with Gasteiger partial charge in [-0.25, -0.2) is 4.79 Å². The number of terminal acetylenes is 1. The van der Waals surface area contributed by atoms with Crippen molar-refractivity contribution in [2.24, 2.45) is 0 Å². The van der Waals surface area contributed by atoms with Gasteiger partial charge in [0.15, 0.2) is 6.61 Å². The maximum Gasteiger partial charge on any atom is 0.514 e. The normalized spacial score (nSPS) is 10.5. The van der Waals surface area contributed by atoms with E-state index in [1.165, 1.54) is 0 Å². The lowest BCUT2D eigenvalue weighted by molar-refractivity contribution is -0.137. The highest BCUT2D eigenvalue weighted by Gasteiger charge is 2.30. The van der Waals surface area contributed by atoms with Crippen molar-refractivity contribution >= 4 is 6.16 Å². The van der Waals surface area contributed by atoms with Gasteiger partial charge in [0.1, 0.15) is 5.75 Å². The molecule has 90 valence electrons. The molecule has 17 heavy (non-hydrogen) atoms. The Hall–Kier alpha value is -2.16. The molecule has 0 amide bonds. The maximum atomic E-state index is 12.2. The second kappa shape index (κ2) is 5.25. The number of benzene rings is 1. The van der Waals surface area contributed by atoms with Crippen molar-refractivity contribution in [3.8, 4) is 18.1 Å². The number of alkyl halides is 3. The molecule has 1 aromatic rings. The first-order valence-corrected chi connectivity index (χ1v) is 4.39. The van der Waals surface area contributed by atoms with Gasteiger partial charge in [-0.2, -0.15) is 13.2 Å². The molecule has 0 aliphatic rings. The number of carbonyl (C=O) groups excluding carboxylic acids is 1. The lowest BCUT2D eigenvalue weighted by Gasteiger charge is -2.07. The monoisotopic (exact) mass is 244 g/mol. The minimum atomic E-state index is -4.43. The first kappa shape index (κ1) is 12.9. The molecule has 0 aromatic heterocycles. The van der Waals surface area contributed by atoms with Crippen LogP contribution in [0.3, 0.4) is 0 Å². The van der Waals surface area contributed by atoms with Crippen LogP contribution in [0.2, 0.25) is 0 Å². The Labute approximate surface area is 95.1 Å². The smallest absolute Gasteiger partial charge is 0.421 e. The van der Waals surface area contributed by atoms with Gasteiger partial charge in [-0.1, -0.05) is 5.92 Å². The van der Waals surface area contributed by atoms with E-state index in [1.54, 1.807) is 0 Å². The van der Waals surface area contributed by atoms with Gasteiger partial charge in [-0.3, -0.25) is 0 Å². The van der Waals surface area contributed by atoms with Gasteiger partial charge >= 0.3 is 12.3 Å². The topological polar surface area (TPSA) is 35.5 Å². The Bertz CT molecular complexity index is 429. The largest absolute Gasteiger partial charge is 0.514 e. The molecular formula is C11H7F3O3. The van der Waals surface area contributed by atoms with Gasteiger partial charge in [-0.15, -0.1) is 6.42 Å². The summed E-state index contributed by atoms with van der Waals surface area (Å²) in [6.45, 7) is -0.264. The van der Waals surface area contributed by atoms with E-state index in [0.29, 0.717) is 0 Å². The summed E-state index contributed by atoms with van der Waals surface area (Å²) in [6, 6.07) is 3.62. The Morgan fingerprint density at radius 2 is 1.88 bits per heavy atom. The quantitative estimate of drug-likeness (QED) is 0.456. The van der Waals surface area contributed by atoms with Crippen LogP contribution in [0.25, 0.3) is 0 Å². The number of hydrogen-bond donors (Lipinski definition) is 0. The van der Waals surface area contributed by atoms with Crippen molar-refractivity contribution < 1.29 is 27.4 Å². The molecule has 0 aliphatic carbocycles. The molecule has 0 heterocycles. The summed E-state index contributed by atoms with van der Waals surface area (Å²) in [5, 5.41) is 0.